The number of anilines is 1. The molecule has 0 aliphatic rings. The van der Waals surface area contributed by atoms with E-state index in [1.807, 2.05) is 6.92 Å². The van der Waals surface area contributed by atoms with Crippen molar-refractivity contribution in [3.05, 3.63) is 23.8 Å². The normalized spacial score (nSPS) is 10.2. The van der Waals surface area contributed by atoms with Crippen LogP contribution in [0.2, 0.25) is 0 Å². The molecule has 1 aromatic rings. The summed E-state index contributed by atoms with van der Waals surface area (Å²) in [6, 6.07) is 4.02. The minimum atomic E-state index is -1.23. The quantitative estimate of drug-likeness (QED) is 0.193. The van der Waals surface area contributed by atoms with Crippen LogP contribution >= 0.6 is 11.8 Å². The number of aromatic carboxylic acids is 1. The highest BCUT2D eigenvalue weighted by atomic mass is 32.2. The van der Waals surface area contributed by atoms with Gasteiger partial charge in [0.25, 0.3) is 0 Å². The third-order valence-electron chi connectivity index (χ3n) is 4.51. The first-order valence-corrected chi connectivity index (χ1v) is 11.5. The van der Waals surface area contributed by atoms with Crippen LogP contribution in [0.5, 0.6) is 5.75 Å². The Hall–Kier alpha value is -2.13. The molecule has 0 heterocycles. The van der Waals surface area contributed by atoms with Gasteiger partial charge in [0.2, 0.25) is 5.91 Å². The van der Waals surface area contributed by atoms with E-state index in [9.17, 15) is 14.7 Å². The van der Waals surface area contributed by atoms with Gasteiger partial charge in [-0.2, -0.15) is 11.8 Å². The molecule has 0 atom stereocenters. The molecule has 29 heavy (non-hydrogen) atoms. The Balaban J connectivity index is 2.00. The van der Waals surface area contributed by atoms with Gasteiger partial charge >= 0.3 is 5.97 Å². The first-order chi connectivity index (χ1) is 14.0. The zero-order valence-electron chi connectivity index (χ0n) is 17.3. The molecule has 1 rings (SSSR count). The topological polar surface area (TPSA) is 86.6 Å². The lowest BCUT2D eigenvalue weighted by atomic mass is 10.1. The van der Waals surface area contributed by atoms with Gasteiger partial charge in [-0.25, -0.2) is 4.79 Å². The monoisotopic (exact) mass is 419 g/mol. The second kappa shape index (κ2) is 15.8. The van der Waals surface area contributed by atoms with Gasteiger partial charge in [0.05, 0.1) is 5.75 Å². The summed E-state index contributed by atoms with van der Waals surface area (Å²) in [5, 5.41) is 21.1. The van der Waals surface area contributed by atoms with E-state index in [1.54, 1.807) is 11.8 Å². The fourth-order valence-corrected chi connectivity index (χ4v) is 3.74. The van der Waals surface area contributed by atoms with Crippen molar-refractivity contribution in [2.45, 2.75) is 71.1 Å². The van der Waals surface area contributed by atoms with Crippen molar-refractivity contribution in [2.75, 3.05) is 16.8 Å². The van der Waals surface area contributed by atoms with E-state index in [4.69, 9.17) is 5.11 Å². The molecule has 0 aliphatic heterocycles. The van der Waals surface area contributed by atoms with Crippen molar-refractivity contribution in [3.8, 4) is 17.6 Å². The third kappa shape index (κ3) is 12.1. The maximum absolute atomic E-state index is 11.9. The number of aromatic hydroxyl groups is 1. The van der Waals surface area contributed by atoms with Gasteiger partial charge in [-0.05, 0) is 43.7 Å². The number of carbonyl (C=O) groups is 2. The van der Waals surface area contributed by atoms with Crippen LogP contribution in [0.15, 0.2) is 18.2 Å². The molecule has 6 heteroatoms. The molecule has 1 amide bonds. The van der Waals surface area contributed by atoms with Gasteiger partial charge < -0.3 is 15.5 Å². The number of hydrogen-bond acceptors (Lipinski definition) is 4. The Morgan fingerprint density at radius 3 is 2.24 bits per heavy atom. The molecule has 0 aliphatic carbocycles. The number of unbranched alkanes of at least 4 members (excludes halogenated alkanes) is 9. The highest BCUT2D eigenvalue weighted by Gasteiger charge is 2.11. The number of rotatable bonds is 15. The van der Waals surface area contributed by atoms with Crippen LogP contribution < -0.4 is 5.32 Å². The number of carboxylic acid groups (broad SMARTS) is 1. The van der Waals surface area contributed by atoms with Gasteiger partial charge in [0.15, 0.2) is 0 Å². The summed E-state index contributed by atoms with van der Waals surface area (Å²) in [4.78, 5) is 22.9. The maximum Gasteiger partial charge on any atom is 0.339 e. The minimum absolute atomic E-state index is 0.165. The predicted molar refractivity (Wildman–Crippen MR) is 121 cm³/mol. The second-order valence-electron chi connectivity index (χ2n) is 7.00. The number of benzene rings is 1. The fourth-order valence-electron chi connectivity index (χ4n) is 2.93. The molecule has 0 saturated heterocycles. The zero-order chi connectivity index (χ0) is 21.3. The molecule has 0 spiro atoms. The second-order valence-corrected chi connectivity index (χ2v) is 8.10. The Morgan fingerprint density at radius 2 is 1.62 bits per heavy atom. The molecule has 0 unspecified atom stereocenters. The summed E-state index contributed by atoms with van der Waals surface area (Å²) in [7, 11) is 0. The van der Waals surface area contributed by atoms with Gasteiger partial charge in [0, 0.05) is 12.1 Å². The summed E-state index contributed by atoms with van der Waals surface area (Å²) in [5.74, 6) is 5.61. The van der Waals surface area contributed by atoms with Crippen molar-refractivity contribution in [2.24, 2.45) is 0 Å². The number of carbonyl (C=O) groups excluding carboxylic acids is 1. The van der Waals surface area contributed by atoms with Gasteiger partial charge in [-0.1, -0.05) is 44.9 Å². The molecule has 0 aromatic heterocycles. The summed E-state index contributed by atoms with van der Waals surface area (Å²) < 4.78 is 0. The predicted octanol–water partition coefficient (Wildman–Crippen LogP) is 5.69. The Labute approximate surface area is 178 Å². The van der Waals surface area contributed by atoms with Gasteiger partial charge in [0.1, 0.15) is 11.3 Å². The molecule has 0 fully saturated rings. The molecule has 3 N–H and O–H groups in total. The van der Waals surface area contributed by atoms with E-state index in [0.717, 1.165) is 18.6 Å². The molecule has 0 saturated carbocycles. The summed E-state index contributed by atoms with van der Waals surface area (Å²) in [6.07, 6.45) is 12.3. The van der Waals surface area contributed by atoms with Gasteiger partial charge in [-0.15, -0.1) is 11.8 Å². The largest absolute Gasteiger partial charge is 0.507 e. The average molecular weight is 420 g/mol. The lowest BCUT2D eigenvalue weighted by Gasteiger charge is -2.07. The van der Waals surface area contributed by atoms with Gasteiger partial charge in [-0.3, -0.25) is 4.79 Å². The Morgan fingerprint density at radius 1 is 1.00 bits per heavy atom. The van der Waals surface area contributed by atoms with E-state index in [0.29, 0.717) is 11.4 Å². The average Bonchev–Trinajstić information content (AvgIpc) is 2.69. The van der Waals surface area contributed by atoms with Crippen LogP contribution in [0.3, 0.4) is 0 Å². The van der Waals surface area contributed by atoms with E-state index < -0.39 is 5.97 Å². The van der Waals surface area contributed by atoms with E-state index in [2.05, 4.69) is 17.2 Å². The fraction of sp³-hybridized carbons (Fsp3) is 0.565. The van der Waals surface area contributed by atoms with Crippen molar-refractivity contribution < 1.29 is 19.8 Å². The van der Waals surface area contributed by atoms with Crippen LogP contribution in [-0.4, -0.2) is 33.6 Å². The lowest BCUT2D eigenvalue weighted by molar-refractivity contribution is -0.113. The van der Waals surface area contributed by atoms with Crippen molar-refractivity contribution >= 4 is 29.3 Å². The molecule has 5 nitrogen and oxygen atoms in total. The number of nitrogens with one attached hydrogen (secondary N) is 1. The molecule has 160 valence electrons. The zero-order valence-corrected chi connectivity index (χ0v) is 18.2. The summed E-state index contributed by atoms with van der Waals surface area (Å²) >= 11 is 1.59. The maximum atomic E-state index is 11.9. The number of hydrogen-bond donors (Lipinski definition) is 3. The van der Waals surface area contributed by atoms with Crippen LogP contribution in [0.25, 0.3) is 0 Å². The molecular weight excluding hydrogens is 386 g/mol. The van der Waals surface area contributed by atoms with Crippen LogP contribution in [0.4, 0.5) is 5.69 Å². The molecular formula is C23H33NO4S. The summed E-state index contributed by atoms with van der Waals surface area (Å²) in [6.45, 7) is 1.89. The van der Waals surface area contributed by atoms with Crippen molar-refractivity contribution in [1.82, 2.24) is 0 Å². The van der Waals surface area contributed by atoms with E-state index >= 15 is 0 Å². The highest BCUT2D eigenvalue weighted by Crippen LogP contribution is 2.21. The summed E-state index contributed by atoms with van der Waals surface area (Å²) in [5.41, 5.74) is 0.158. The first kappa shape index (κ1) is 24.9. The third-order valence-corrected chi connectivity index (χ3v) is 5.55. The number of amides is 1. The van der Waals surface area contributed by atoms with Crippen LogP contribution in [-0.2, 0) is 4.79 Å². The van der Waals surface area contributed by atoms with Crippen molar-refractivity contribution in [3.63, 3.8) is 0 Å². The Bertz CT molecular complexity index is 694. The first-order valence-electron chi connectivity index (χ1n) is 10.4. The van der Waals surface area contributed by atoms with Crippen LogP contribution in [0, 0.1) is 11.8 Å². The number of phenols is 1. The standard InChI is InChI=1S/C23H33NO4S/c1-2-3-4-5-6-7-8-9-10-11-12-13-16-29-18-22(26)24-19-14-15-21(25)20(17-19)23(27)28/h14-15,17,25H,4-13,16,18H2,1H3,(H,24,26)(H,27,28). The Kier molecular flexibility index (Phi) is 13.5. The smallest absolute Gasteiger partial charge is 0.339 e. The lowest BCUT2D eigenvalue weighted by Crippen LogP contribution is -2.14. The van der Waals surface area contributed by atoms with E-state index in [-0.39, 0.29) is 17.2 Å². The SMILES string of the molecule is CC#CCCCCCCCCCCCSCC(=O)Nc1ccc(O)c(C(=O)O)c1. The minimum Gasteiger partial charge on any atom is -0.507 e. The molecule has 1 aromatic carbocycles. The molecule has 0 bridgehead atoms. The van der Waals surface area contributed by atoms with Crippen LogP contribution in [0.1, 0.15) is 81.5 Å². The number of thioether (sulfide) groups is 1. The van der Waals surface area contributed by atoms with Crippen molar-refractivity contribution in [1.29, 1.82) is 0 Å². The number of carboxylic acids is 1. The highest BCUT2D eigenvalue weighted by molar-refractivity contribution is 7.99. The molecule has 0 radical (unpaired) electrons. The van der Waals surface area contributed by atoms with E-state index in [1.165, 1.54) is 69.6 Å².